The first-order valence-electron chi connectivity index (χ1n) is 9.06. The second-order valence-electron chi connectivity index (χ2n) is 6.95. The number of benzene rings is 2. The number of pyridine rings is 1. The minimum atomic E-state index is -0.368. The normalized spacial score (nSPS) is 13.4. The van der Waals surface area contributed by atoms with E-state index in [-0.39, 0.29) is 11.8 Å². The topological polar surface area (TPSA) is 68.1 Å². The fraction of sp³-hybridized carbons (Fsp3) is 0.0909. The highest BCUT2D eigenvalue weighted by Gasteiger charge is 2.40. The molecule has 2 aromatic heterocycles. The second kappa shape index (κ2) is 6.25. The van der Waals surface area contributed by atoms with Crippen molar-refractivity contribution in [3.63, 3.8) is 0 Å². The van der Waals surface area contributed by atoms with Gasteiger partial charge >= 0.3 is 0 Å². The minimum Gasteiger partial charge on any atom is -0.268 e. The minimum absolute atomic E-state index is 0.296. The Bertz CT molecular complexity index is 1320. The van der Waals surface area contributed by atoms with Crippen LogP contribution in [0.2, 0.25) is 5.02 Å². The summed E-state index contributed by atoms with van der Waals surface area (Å²) in [6.45, 7) is 3.68. The Hall–Kier alpha value is -3.51. The number of carbonyl (C=O) groups excluding carboxylic acids is 2. The average molecular weight is 403 g/mol. The van der Waals surface area contributed by atoms with Crippen molar-refractivity contribution in [1.82, 2.24) is 14.8 Å². The van der Waals surface area contributed by atoms with Gasteiger partial charge in [-0.1, -0.05) is 29.8 Å². The van der Waals surface area contributed by atoms with Crippen molar-refractivity contribution in [2.45, 2.75) is 13.8 Å². The van der Waals surface area contributed by atoms with Crippen molar-refractivity contribution in [2.24, 2.45) is 0 Å². The zero-order valence-electron chi connectivity index (χ0n) is 15.7. The van der Waals surface area contributed by atoms with Gasteiger partial charge in [0.25, 0.3) is 11.8 Å². The van der Waals surface area contributed by atoms with Gasteiger partial charge in [-0.3, -0.25) is 9.59 Å². The Kier molecular flexibility index (Phi) is 3.79. The molecule has 0 bridgehead atoms. The molecule has 5 rings (SSSR count). The summed E-state index contributed by atoms with van der Waals surface area (Å²) in [5.41, 5.74) is 4.00. The van der Waals surface area contributed by atoms with Crippen LogP contribution in [0.5, 0.6) is 0 Å². The van der Waals surface area contributed by atoms with Crippen LogP contribution in [-0.4, -0.2) is 26.6 Å². The molecule has 6 nitrogen and oxygen atoms in total. The molecule has 0 N–H and O–H groups in total. The molecule has 2 amide bonds. The Morgan fingerprint density at radius 2 is 1.66 bits per heavy atom. The summed E-state index contributed by atoms with van der Waals surface area (Å²) in [6.07, 6.45) is 1.46. The first-order chi connectivity index (χ1) is 14.0. The Labute approximate surface area is 171 Å². The molecule has 2 aromatic carbocycles. The summed E-state index contributed by atoms with van der Waals surface area (Å²) in [5, 5.41) is 5.78. The highest BCUT2D eigenvalue weighted by molar-refractivity contribution is 6.37. The lowest BCUT2D eigenvalue weighted by molar-refractivity contribution is 0.0926. The van der Waals surface area contributed by atoms with Crippen molar-refractivity contribution in [1.29, 1.82) is 0 Å². The van der Waals surface area contributed by atoms with E-state index in [2.05, 4.69) is 10.1 Å². The van der Waals surface area contributed by atoms with Gasteiger partial charge in [0.05, 0.1) is 33.6 Å². The molecule has 0 saturated heterocycles. The summed E-state index contributed by atoms with van der Waals surface area (Å²) < 4.78 is 1.66. The lowest BCUT2D eigenvalue weighted by Gasteiger charge is -2.16. The third kappa shape index (κ3) is 2.49. The average Bonchev–Trinajstić information content (AvgIpc) is 3.18. The zero-order valence-corrected chi connectivity index (χ0v) is 16.4. The fourth-order valence-corrected chi connectivity index (χ4v) is 3.88. The molecule has 4 aromatic rings. The van der Waals surface area contributed by atoms with Gasteiger partial charge in [-0.15, -0.1) is 0 Å². The number of hydrogen-bond donors (Lipinski definition) is 0. The van der Waals surface area contributed by atoms with Crippen LogP contribution in [0, 0.1) is 13.8 Å². The number of imide groups is 1. The molecular weight excluding hydrogens is 388 g/mol. The van der Waals surface area contributed by atoms with Crippen LogP contribution in [0.25, 0.3) is 16.7 Å². The first-order valence-corrected chi connectivity index (χ1v) is 9.44. The van der Waals surface area contributed by atoms with Gasteiger partial charge in [-0.05, 0) is 49.7 Å². The number of hydrogen-bond acceptors (Lipinski definition) is 4. The van der Waals surface area contributed by atoms with E-state index in [0.717, 1.165) is 11.3 Å². The molecule has 0 saturated carbocycles. The smallest absolute Gasteiger partial charge is 0.267 e. The molecule has 0 unspecified atom stereocenters. The van der Waals surface area contributed by atoms with E-state index in [0.29, 0.717) is 38.6 Å². The highest BCUT2D eigenvalue weighted by atomic mass is 35.5. The number of fused-ring (bicyclic) bond motifs is 3. The van der Waals surface area contributed by atoms with Gasteiger partial charge in [0.1, 0.15) is 0 Å². The lowest BCUT2D eigenvalue weighted by atomic mass is 10.1. The summed E-state index contributed by atoms with van der Waals surface area (Å²) in [5.74, 6) is -0.724. The third-order valence-corrected chi connectivity index (χ3v) is 5.40. The van der Waals surface area contributed by atoms with Crippen molar-refractivity contribution >= 4 is 40.1 Å². The molecule has 29 heavy (non-hydrogen) atoms. The number of anilines is 1. The van der Waals surface area contributed by atoms with Crippen molar-refractivity contribution < 1.29 is 9.59 Å². The van der Waals surface area contributed by atoms with Crippen LogP contribution in [0.1, 0.15) is 32.0 Å². The number of rotatable bonds is 2. The van der Waals surface area contributed by atoms with Crippen molar-refractivity contribution in [3.8, 4) is 5.69 Å². The first kappa shape index (κ1) is 17.6. The molecular formula is C22H15ClN4O2. The molecule has 0 radical (unpaired) electrons. The summed E-state index contributed by atoms with van der Waals surface area (Å²) >= 11 is 5.99. The van der Waals surface area contributed by atoms with Gasteiger partial charge in [0, 0.05) is 11.2 Å². The quantitative estimate of drug-likeness (QED) is 0.463. The molecule has 0 aliphatic carbocycles. The van der Waals surface area contributed by atoms with Crippen LogP contribution in [0.15, 0.2) is 54.7 Å². The fourth-order valence-electron chi connectivity index (χ4n) is 3.76. The number of para-hydroxylation sites is 1. The van der Waals surface area contributed by atoms with Gasteiger partial charge in [0.2, 0.25) is 0 Å². The van der Waals surface area contributed by atoms with E-state index in [1.54, 1.807) is 22.9 Å². The van der Waals surface area contributed by atoms with Crippen molar-refractivity contribution in [2.75, 3.05) is 4.90 Å². The highest BCUT2D eigenvalue weighted by Crippen LogP contribution is 2.35. The number of carbonyl (C=O) groups is 2. The van der Waals surface area contributed by atoms with Crippen LogP contribution in [0.3, 0.4) is 0 Å². The molecule has 7 heteroatoms. The number of nitrogens with zero attached hydrogens (tertiary/aromatic N) is 4. The molecule has 1 aliphatic heterocycles. The number of amides is 2. The van der Waals surface area contributed by atoms with E-state index in [4.69, 9.17) is 11.6 Å². The van der Waals surface area contributed by atoms with E-state index in [1.807, 2.05) is 44.2 Å². The SMILES string of the molecule is Cc1ccccc1N1C(=O)c2cnc3c(c(C)nn3-c3ccc(Cl)cc3)c2C1=O. The molecule has 3 heterocycles. The molecule has 142 valence electrons. The van der Waals surface area contributed by atoms with Crippen LogP contribution in [-0.2, 0) is 0 Å². The largest absolute Gasteiger partial charge is 0.268 e. The van der Waals surface area contributed by atoms with Crippen LogP contribution in [0.4, 0.5) is 5.69 Å². The third-order valence-electron chi connectivity index (χ3n) is 5.15. The molecule has 1 aliphatic rings. The maximum Gasteiger partial charge on any atom is 0.267 e. The Morgan fingerprint density at radius 1 is 0.931 bits per heavy atom. The predicted molar refractivity (Wildman–Crippen MR) is 111 cm³/mol. The predicted octanol–water partition coefficient (Wildman–Crippen LogP) is 4.49. The number of halogens is 1. The van der Waals surface area contributed by atoms with E-state index in [1.165, 1.54) is 11.1 Å². The number of aromatic nitrogens is 3. The molecule has 0 fully saturated rings. The van der Waals surface area contributed by atoms with Crippen LogP contribution < -0.4 is 4.90 Å². The van der Waals surface area contributed by atoms with Gasteiger partial charge in [-0.2, -0.15) is 5.10 Å². The van der Waals surface area contributed by atoms with Gasteiger partial charge < -0.3 is 0 Å². The van der Waals surface area contributed by atoms with Crippen molar-refractivity contribution in [3.05, 3.63) is 82.1 Å². The van der Waals surface area contributed by atoms with E-state index >= 15 is 0 Å². The Morgan fingerprint density at radius 3 is 2.38 bits per heavy atom. The molecule has 0 spiro atoms. The lowest BCUT2D eigenvalue weighted by Crippen LogP contribution is -2.30. The second-order valence-corrected chi connectivity index (χ2v) is 7.39. The van der Waals surface area contributed by atoms with Gasteiger partial charge in [-0.25, -0.2) is 14.6 Å². The van der Waals surface area contributed by atoms with Gasteiger partial charge in [0.15, 0.2) is 5.65 Å². The Balaban J connectivity index is 1.73. The van der Waals surface area contributed by atoms with E-state index in [9.17, 15) is 9.59 Å². The van der Waals surface area contributed by atoms with E-state index < -0.39 is 0 Å². The molecule has 0 atom stereocenters. The summed E-state index contributed by atoms with van der Waals surface area (Å²) in [6, 6.07) is 14.5. The zero-order chi connectivity index (χ0) is 20.3. The monoisotopic (exact) mass is 402 g/mol. The maximum atomic E-state index is 13.3. The summed E-state index contributed by atoms with van der Waals surface area (Å²) in [7, 11) is 0. The maximum absolute atomic E-state index is 13.3. The summed E-state index contributed by atoms with van der Waals surface area (Å²) in [4.78, 5) is 32.1. The number of aryl methyl sites for hydroxylation is 2. The van der Waals surface area contributed by atoms with Crippen LogP contribution >= 0.6 is 11.6 Å². The standard InChI is InChI=1S/C22H15ClN4O2/c1-12-5-3-4-6-17(12)26-21(28)16-11-24-20-18(19(16)22(26)29)13(2)25-27(20)15-9-7-14(23)8-10-15/h3-11H,1-2H3.